The first-order valence-electron chi connectivity index (χ1n) is 16.0. The van der Waals surface area contributed by atoms with E-state index in [2.05, 4.69) is 10.3 Å². The second-order valence-electron chi connectivity index (χ2n) is 12.3. The number of pyridine rings is 2. The summed E-state index contributed by atoms with van der Waals surface area (Å²) in [5.74, 6) is -3.80. The van der Waals surface area contributed by atoms with Gasteiger partial charge in [0.25, 0.3) is 5.56 Å². The lowest BCUT2D eigenvalue weighted by molar-refractivity contribution is -0.189. The number of para-hydroxylation sites is 2. The van der Waals surface area contributed by atoms with Gasteiger partial charge in [0.15, 0.2) is 0 Å². The summed E-state index contributed by atoms with van der Waals surface area (Å²) in [5.41, 5.74) is 8.57. The highest BCUT2D eigenvalue weighted by atomic mass is 16.6. The Labute approximate surface area is 279 Å². The van der Waals surface area contributed by atoms with Crippen molar-refractivity contribution in [1.82, 2.24) is 19.9 Å². The van der Waals surface area contributed by atoms with E-state index < -0.39 is 47.9 Å². The Morgan fingerprint density at radius 2 is 1.92 bits per heavy atom. The smallest absolute Gasteiger partial charge is 0.355 e. The van der Waals surface area contributed by atoms with Gasteiger partial charge in [-0.15, -0.1) is 0 Å². The summed E-state index contributed by atoms with van der Waals surface area (Å²) >= 11 is 0. The maximum atomic E-state index is 13.8. The number of nitrogens with zero attached hydrogens (tertiary/aromatic N) is 2. The fourth-order valence-electron chi connectivity index (χ4n) is 6.76. The van der Waals surface area contributed by atoms with E-state index in [4.69, 9.17) is 20.2 Å². The number of nitrogens with one attached hydrogen (secondary N) is 2. The zero-order chi connectivity index (χ0) is 34.4. The minimum absolute atomic E-state index is 0.0484. The van der Waals surface area contributed by atoms with Crippen molar-refractivity contribution in [3.05, 3.63) is 99.5 Å². The summed E-state index contributed by atoms with van der Waals surface area (Å²) in [4.78, 5) is 73.4. The minimum Gasteiger partial charge on any atom is -0.480 e. The van der Waals surface area contributed by atoms with E-state index in [0.717, 1.165) is 32.9 Å². The largest absolute Gasteiger partial charge is 0.480 e. The predicted octanol–water partition coefficient (Wildman–Crippen LogP) is 3.03. The molecule has 5 N–H and O–H groups in total. The van der Waals surface area contributed by atoms with E-state index in [1.54, 1.807) is 23.8 Å². The summed E-state index contributed by atoms with van der Waals surface area (Å²) in [7, 11) is 0. The Kier molecular flexibility index (Phi) is 7.99. The van der Waals surface area contributed by atoms with Crippen LogP contribution in [-0.4, -0.2) is 55.5 Å². The Morgan fingerprint density at radius 3 is 2.71 bits per heavy atom. The molecule has 5 heterocycles. The van der Waals surface area contributed by atoms with Crippen molar-refractivity contribution >= 4 is 45.6 Å². The molecule has 0 radical (unpaired) electrons. The number of rotatable bonds is 10. The average Bonchev–Trinajstić information content (AvgIpc) is 3.67. The van der Waals surface area contributed by atoms with Crippen molar-refractivity contribution in [1.29, 1.82) is 0 Å². The SMILES string of the molecule is CC[C@@]1(OC(=O)CC[C@@H](NC(=O)[C@@H](N)Cc2c[nH]c3ccccc23)C(=O)O)C(=O)OCc2c1cc1n(c2=O)Cc2cc3ccccc3nc2-1. The van der Waals surface area contributed by atoms with Crippen molar-refractivity contribution in [3.8, 4) is 11.4 Å². The number of ether oxygens (including phenoxy) is 2. The van der Waals surface area contributed by atoms with Crippen molar-refractivity contribution in [2.24, 2.45) is 5.73 Å². The second kappa shape index (κ2) is 12.3. The van der Waals surface area contributed by atoms with Gasteiger partial charge in [-0.3, -0.25) is 14.4 Å². The molecule has 0 spiro atoms. The Bertz CT molecular complexity index is 2240. The first-order valence-corrected chi connectivity index (χ1v) is 16.0. The lowest BCUT2D eigenvalue weighted by atomic mass is 9.85. The van der Waals surface area contributed by atoms with Crippen LogP contribution in [0.15, 0.2) is 71.7 Å². The van der Waals surface area contributed by atoms with Crippen LogP contribution in [0, 0.1) is 0 Å². The Morgan fingerprint density at radius 1 is 1.14 bits per heavy atom. The second-order valence-corrected chi connectivity index (χ2v) is 12.3. The van der Waals surface area contributed by atoms with Gasteiger partial charge in [0.1, 0.15) is 12.6 Å². The number of carbonyl (C=O) groups is 4. The quantitative estimate of drug-likeness (QED) is 0.158. The van der Waals surface area contributed by atoms with Gasteiger partial charge >= 0.3 is 17.9 Å². The van der Waals surface area contributed by atoms with Crippen molar-refractivity contribution in [2.45, 2.75) is 63.4 Å². The molecule has 7 rings (SSSR count). The molecule has 5 aromatic rings. The van der Waals surface area contributed by atoms with Crippen LogP contribution in [-0.2, 0) is 53.8 Å². The first-order chi connectivity index (χ1) is 23.6. The van der Waals surface area contributed by atoms with Gasteiger partial charge in [0.2, 0.25) is 11.5 Å². The molecule has 3 aromatic heterocycles. The van der Waals surface area contributed by atoms with Crippen LogP contribution in [0.3, 0.4) is 0 Å². The third-order valence-electron chi connectivity index (χ3n) is 9.38. The number of carbonyl (C=O) groups excluding carboxylic acids is 3. The molecule has 13 nitrogen and oxygen atoms in total. The summed E-state index contributed by atoms with van der Waals surface area (Å²) in [6.07, 6.45) is 1.07. The highest BCUT2D eigenvalue weighted by Crippen LogP contribution is 2.41. The number of benzene rings is 2. The van der Waals surface area contributed by atoms with Crippen LogP contribution >= 0.6 is 0 Å². The van der Waals surface area contributed by atoms with E-state index >= 15 is 0 Å². The van der Waals surface area contributed by atoms with Crippen molar-refractivity contribution in [2.75, 3.05) is 0 Å². The number of carboxylic acids is 1. The molecule has 1 amide bonds. The fraction of sp³-hybridized carbons (Fsp3) is 0.278. The number of H-pyrrole nitrogens is 1. The van der Waals surface area contributed by atoms with Crippen LogP contribution in [0.1, 0.15) is 48.4 Å². The standard InChI is InChI=1S/C36H33N5O8/c1-2-36(49-30(42)12-11-28(34(45)46)40-32(43)25(37)14-20-16-38-27-10-6-4-8-22(20)27)24-15-29-31-21(13-19-7-3-5-9-26(19)39-31)17-41(29)33(44)23(24)18-48-35(36)47/h3-10,13,15-16,25,28,38H,2,11-12,14,17-18,37H2,1H3,(H,40,43)(H,45,46)/t25-,28+,36-/m0/s1. The number of esters is 2. The lowest BCUT2D eigenvalue weighted by Gasteiger charge is -2.35. The van der Waals surface area contributed by atoms with Gasteiger partial charge in [0.05, 0.1) is 35.1 Å². The molecule has 2 aliphatic rings. The molecule has 3 atom stereocenters. The highest BCUT2D eigenvalue weighted by Gasteiger charge is 2.50. The molecular weight excluding hydrogens is 630 g/mol. The molecular formula is C36H33N5O8. The fourth-order valence-corrected chi connectivity index (χ4v) is 6.76. The molecule has 2 aromatic carbocycles. The Hall–Kier alpha value is -5.82. The monoisotopic (exact) mass is 663 g/mol. The molecule has 13 heteroatoms. The molecule has 0 unspecified atom stereocenters. The number of aromatic amines is 1. The van der Waals surface area contributed by atoms with E-state index in [-0.39, 0.29) is 49.1 Å². The van der Waals surface area contributed by atoms with Crippen LogP contribution in [0.4, 0.5) is 0 Å². The Balaban J connectivity index is 1.09. The minimum atomic E-state index is -1.94. The summed E-state index contributed by atoms with van der Waals surface area (Å²) < 4.78 is 12.8. The van der Waals surface area contributed by atoms with E-state index in [1.165, 1.54) is 0 Å². The van der Waals surface area contributed by atoms with Crippen molar-refractivity contribution in [3.63, 3.8) is 0 Å². The number of aromatic nitrogens is 3. The van der Waals surface area contributed by atoms with Gasteiger partial charge in [-0.25, -0.2) is 14.6 Å². The number of hydrogen-bond donors (Lipinski definition) is 4. The van der Waals surface area contributed by atoms with E-state index in [1.807, 2.05) is 54.6 Å². The molecule has 0 saturated heterocycles. The number of fused-ring (bicyclic) bond motifs is 6. The first kappa shape index (κ1) is 31.8. The topological polar surface area (TPSA) is 196 Å². The zero-order valence-electron chi connectivity index (χ0n) is 26.5. The maximum absolute atomic E-state index is 13.8. The summed E-state index contributed by atoms with van der Waals surface area (Å²) in [6.45, 7) is 1.63. The third-order valence-corrected chi connectivity index (χ3v) is 9.38. The molecule has 0 aliphatic carbocycles. The summed E-state index contributed by atoms with van der Waals surface area (Å²) in [6, 6.07) is 16.2. The number of amides is 1. The molecule has 0 fully saturated rings. The molecule has 0 bridgehead atoms. The van der Waals surface area contributed by atoms with Gasteiger partial charge in [0, 0.05) is 40.0 Å². The van der Waals surface area contributed by atoms with Gasteiger partial charge < -0.3 is 35.2 Å². The van der Waals surface area contributed by atoms with Gasteiger partial charge in [-0.1, -0.05) is 43.3 Å². The van der Waals surface area contributed by atoms with Crippen molar-refractivity contribution < 1.29 is 33.8 Å². The average molecular weight is 664 g/mol. The molecule has 2 aliphatic heterocycles. The van der Waals surface area contributed by atoms with Crippen LogP contribution < -0.4 is 16.6 Å². The zero-order valence-corrected chi connectivity index (χ0v) is 26.5. The molecule has 49 heavy (non-hydrogen) atoms. The lowest BCUT2D eigenvalue weighted by Crippen LogP contribution is -2.50. The number of aliphatic carboxylic acids is 1. The maximum Gasteiger partial charge on any atom is 0.355 e. The summed E-state index contributed by atoms with van der Waals surface area (Å²) in [5, 5.41) is 14.1. The van der Waals surface area contributed by atoms with E-state index in [0.29, 0.717) is 11.4 Å². The van der Waals surface area contributed by atoms with Crippen LogP contribution in [0.2, 0.25) is 0 Å². The van der Waals surface area contributed by atoms with Crippen LogP contribution in [0.25, 0.3) is 33.2 Å². The molecule has 0 saturated carbocycles. The normalized spacial score (nSPS) is 17.5. The number of nitrogens with two attached hydrogens (primary N) is 1. The van der Waals surface area contributed by atoms with Gasteiger partial charge in [-0.2, -0.15) is 0 Å². The number of carboxylic acid groups (broad SMARTS) is 1. The van der Waals surface area contributed by atoms with E-state index in [9.17, 15) is 29.1 Å². The molecule has 250 valence electrons. The van der Waals surface area contributed by atoms with Crippen LogP contribution in [0.5, 0.6) is 0 Å². The number of hydrogen-bond acceptors (Lipinski definition) is 9. The predicted molar refractivity (Wildman–Crippen MR) is 177 cm³/mol. The van der Waals surface area contributed by atoms with Gasteiger partial charge in [-0.05, 0) is 49.1 Å². The number of cyclic esters (lactones) is 1. The highest BCUT2D eigenvalue weighted by molar-refractivity contribution is 5.90. The third kappa shape index (κ3) is 5.51.